The third-order valence-corrected chi connectivity index (χ3v) is 5.86. The molecule has 0 bridgehead atoms. The number of hydrogen-bond donors (Lipinski definition) is 0. The van der Waals surface area contributed by atoms with Crippen LogP contribution in [-0.4, -0.2) is 81.8 Å². The van der Waals surface area contributed by atoms with Gasteiger partial charge in [0.1, 0.15) is 5.69 Å². The highest BCUT2D eigenvalue weighted by Crippen LogP contribution is 2.30. The van der Waals surface area contributed by atoms with Crippen LogP contribution in [0.1, 0.15) is 36.5 Å². The SMILES string of the molecule is CCN(CC)C(=O)CN1CCCN(c2ccc(C(=O)c3nccn3C)cc2[N+](=O)[O-])CC1. The molecule has 0 atom stereocenters. The normalized spacial score (nSPS) is 14.8. The predicted molar refractivity (Wildman–Crippen MR) is 121 cm³/mol. The summed E-state index contributed by atoms with van der Waals surface area (Å²) in [5, 5.41) is 11.8. The molecule has 1 aromatic heterocycles. The lowest BCUT2D eigenvalue weighted by molar-refractivity contribution is -0.384. The van der Waals surface area contributed by atoms with Crippen LogP contribution in [0.25, 0.3) is 0 Å². The molecule has 0 N–H and O–H groups in total. The monoisotopic (exact) mass is 442 g/mol. The number of aromatic nitrogens is 2. The second-order valence-electron chi connectivity index (χ2n) is 7.83. The van der Waals surface area contributed by atoms with Gasteiger partial charge in [-0.25, -0.2) is 4.98 Å². The molecular weight excluding hydrogens is 412 g/mol. The fourth-order valence-electron chi connectivity index (χ4n) is 4.03. The molecule has 2 heterocycles. The Kier molecular flexibility index (Phi) is 7.57. The van der Waals surface area contributed by atoms with Gasteiger partial charge in [0, 0.05) is 70.3 Å². The number of nitro benzene ring substituents is 1. The highest BCUT2D eigenvalue weighted by Gasteiger charge is 2.26. The molecule has 10 nitrogen and oxygen atoms in total. The molecule has 32 heavy (non-hydrogen) atoms. The Morgan fingerprint density at radius 3 is 2.53 bits per heavy atom. The lowest BCUT2D eigenvalue weighted by atomic mass is 10.1. The summed E-state index contributed by atoms with van der Waals surface area (Å²) in [6, 6.07) is 4.59. The van der Waals surface area contributed by atoms with Gasteiger partial charge in [-0.3, -0.25) is 24.6 Å². The van der Waals surface area contributed by atoms with Crippen LogP contribution < -0.4 is 4.90 Å². The Morgan fingerprint density at radius 1 is 1.16 bits per heavy atom. The lowest BCUT2D eigenvalue weighted by Gasteiger charge is -2.25. The van der Waals surface area contributed by atoms with E-state index >= 15 is 0 Å². The molecule has 0 aliphatic carbocycles. The van der Waals surface area contributed by atoms with Crippen LogP contribution in [0.15, 0.2) is 30.6 Å². The van der Waals surface area contributed by atoms with E-state index in [0.717, 1.165) is 13.0 Å². The van der Waals surface area contributed by atoms with Crippen molar-refractivity contribution in [2.75, 3.05) is 50.7 Å². The average Bonchev–Trinajstić information content (AvgIpc) is 3.07. The van der Waals surface area contributed by atoms with E-state index < -0.39 is 4.92 Å². The van der Waals surface area contributed by atoms with Crippen molar-refractivity contribution in [1.29, 1.82) is 0 Å². The van der Waals surface area contributed by atoms with Gasteiger partial charge in [-0.05, 0) is 32.4 Å². The Labute approximate surface area is 187 Å². The van der Waals surface area contributed by atoms with Crippen molar-refractivity contribution in [2.24, 2.45) is 7.05 Å². The number of ketones is 1. The first-order chi connectivity index (χ1) is 15.3. The number of nitrogens with zero attached hydrogens (tertiary/aromatic N) is 6. The molecule has 1 saturated heterocycles. The molecule has 10 heteroatoms. The van der Waals surface area contributed by atoms with Gasteiger partial charge >= 0.3 is 0 Å². The van der Waals surface area contributed by atoms with E-state index in [4.69, 9.17) is 0 Å². The molecule has 172 valence electrons. The summed E-state index contributed by atoms with van der Waals surface area (Å²) in [5.41, 5.74) is 0.622. The Hall–Kier alpha value is -3.27. The maximum atomic E-state index is 12.7. The zero-order valence-corrected chi connectivity index (χ0v) is 18.9. The fourth-order valence-corrected chi connectivity index (χ4v) is 4.03. The van der Waals surface area contributed by atoms with Crippen molar-refractivity contribution < 1.29 is 14.5 Å². The summed E-state index contributed by atoms with van der Waals surface area (Å²) >= 11 is 0. The van der Waals surface area contributed by atoms with Crippen LogP contribution in [0.5, 0.6) is 0 Å². The van der Waals surface area contributed by atoms with Crippen molar-refractivity contribution in [3.63, 3.8) is 0 Å². The summed E-state index contributed by atoms with van der Waals surface area (Å²) in [4.78, 5) is 46.5. The third-order valence-electron chi connectivity index (χ3n) is 5.86. The van der Waals surface area contributed by atoms with Crippen LogP contribution in [0.2, 0.25) is 0 Å². The first kappa shape index (κ1) is 23.4. The summed E-state index contributed by atoms with van der Waals surface area (Å²) < 4.78 is 1.59. The van der Waals surface area contributed by atoms with Crippen molar-refractivity contribution in [2.45, 2.75) is 20.3 Å². The standard InChI is InChI=1S/C22H30N6O4/c1-4-26(5-2)20(29)16-25-10-6-11-27(14-13-25)18-8-7-17(15-19(18)28(31)32)21(30)22-23-9-12-24(22)3/h7-9,12,15H,4-6,10-11,13-14,16H2,1-3H3. The van der Waals surface area contributed by atoms with Gasteiger partial charge < -0.3 is 14.4 Å². The maximum Gasteiger partial charge on any atom is 0.293 e. The largest absolute Gasteiger partial charge is 0.365 e. The molecule has 0 radical (unpaired) electrons. The van der Waals surface area contributed by atoms with E-state index in [9.17, 15) is 19.7 Å². The smallest absolute Gasteiger partial charge is 0.293 e. The molecule has 1 aromatic carbocycles. The summed E-state index contributed by atoms with van der Waals surface area (Å²) in [6.07, 6.45) is 3.96. The molecule has 0 spiro atoms. The first-order valence-electron chi connectivity index (χ1n) is 10.9. The molecule has 1 amide bonds. The minimum atomic E-state index is -0.447. The topological polar surface area (TPSA) is 105 Å². The number of carbonyl (C=O) groups is 2. The van der Waals surface area contributed by atoms with Gasteiger partial charge in [0.2, 0.25) is 11.7 Å². The predicted octanol–water partition coefficient (Wildman–Crippen LogP) is 1.94. The van der Waals surface area contributed by atoms with Crippen molar-refractivity contribution in [3.05, 3.63) is 52.1 Å². The van der Waals surface area contributed by atoms with Gasteiger partial charge in [-0.1, -0.05) is 0 Å². The fraction of sp³-hybridized carbons (Fsp3) is 0.500. The van der Waals surface area contributed by atoms with Crippen LogP contribution in [0, 0.1) is 10.1 Å². The summed E-state index contributed by atoms with van der Waals surface area (Å²) in [5.74, 6) is -0.0222. The van der Waals surface area contributed by atoms with E-state index in [1.165, 1.54) is 12.3 Å². The average molecular weight is 443 g/mol. The molecule has 1 aliphatic rings. The number of hydrogen-bond acceptors (Lipinski definition) is 7. The number of likely N-dealkylation sites (N-methyl/N-ethyl adjacent to an activating group) is 1. The zero-order valence-electron chi connectivity index (χ0n) is 18.9. The van der Waals surface area contributed by atoms with Crippen LogP contribution in [0.4, 0.5) is 11.4 Å². The number of anilines is 1. The number of benzene rings is 1. The number of amides is 1. The Balaban J connectivity index is 1.76. The summed E-state index contributed by atoms with van der Waals surface area (Å²) in [6.45, 7) is 8.26. The van der Waals surface area contributed by atoms with Crippen molar-refractivity contribution in [3.8, 4) is 0 Å². The Morgan fingerprint density at radius 2 is 1.91 bits per heavy atom. The van der Waals surface area contributed by atoms with Gasteiger partial charge in [-0.2, -0.15) is 0 Å². The molecular formula is C22H30N6O4. The molecule has 1 aliphatic heterocycles. The van der Waals surface area contributed by atoms with Gasteiger partial charge in [0.25, 0.3) is 5.69 Å². The third kappa shape index (κ3) is 5.13. The number of carbonyl (C=O) groups excluding carboxylic acids is 2. The second kappa shape index (κ2) is 10.4. The zero-order chi connectivity index (χ0) is 23.3. The van der Waals surface area contributed by atoms with E-state index in [1.807, 2.05) is 23.6 Å². The highest BCUT2D eigenvalue weighted by atomic mass is 16.6. The van der Waals surface area contributed by atoms with E-state index in [2.05, 4.69) is 9.88 Å². The van der Waals surface area contributed by atoms with Gasteiger partial charge in [0.15, 0.2) is 5.82 Å². The van der Waals surface area contributed by atoms with Crippen LogP contribution >= 0.6 is 0 Å². The minimum absolute atomic E-state index is 0.0993. The number of nitro groups is 1. The Bertz CT molecular complexity index is 985. The molecule has 2 aromatic rings. The molecule has 3 rings (SSSR count). The number of imidazole rings is 1. The highest BCUT2D eigenvalue weighted by molar-refractivity contribution is 6.07. The lowest BCUT2D eigenvalue weighted by Crippen LogP contribution is -2.41. The van der Waals surface area contributed by atoms with E-state index in [-0.39, 0.29) is 28.8 Å². The van der Waals surface area contributed by atoms with Gasteiger partial charge in [0.05, 0.1) is 11.5 Å². The summed E-state index contributed by atoms with van der Waals surface area (Å²) in [7, 11) is 1.71. The second-order valence-corrected chi connectivity index (χ2v) is 7.83. The quantitative estimate of drug-likeness (QED) is 0.349. The number of rotatable bonds is 8. The van der Waals surface area contributed by atoms with Crippen molar-refractivity contribution in [1.82, 2.24) is 19.4 Å². The van der Waals surface area contributed by atoms with Gasteiger partial charge in [-0.15, -0.1) is 0 Å². The van der Waals surface area contributed by atoms with Crippen molar-refractivity contribution >= 4 is 23.1 Å². The van der Waals surface area contributed by atoms with E-state index in [1.54, 1.807) is 29.9 Å². The van der Waals surface area contributed by atoms with Crippen LogP contribution in [-0.2, 0) is 11.8 Å². The molecule has 0 saturated carbocycles. The van der Waals surface area contributed by atoms with E-state index in [0.29, 0.717) is 45.0 Å². The maximum absolute atomic E-state index is 12.7. The molecule has 0 unspecified atom stereocenters. The minimum Gasteiger partial charge on any atom is -0.365 e. The van der Waals surface area contributed by atoms with Crippen LogP contribution in [0.3, 0.4) is 0 Å². The number of aryl methyl sites for hydroxylation is 1. The molecule has 1 fully saturated rings. The first-order valence-corrected chi connectivity index (χ1v) is 10.9.